The van der Waals surface area contributed by atoms with Crippen molar-refractivity contribution in [3.8, 4) is 17.0 Å². The number of phenols is 1. The molecule has 1 saturated carbocycles. The third-order valence-corrected chi connectivity index (χ3v) is 5.49. The molecule has 160 valence electrons. The van der Waals surface area contributed by atoms with Crippen LogP contribution in [0.2, 0.25) is 0 Å². The minimum Gasteiger partial charge on any atom is -0.507 e. The highest BCUT2D eigenvalue weighted by molar-refractivity contribution is 5.91. The van der Waals surface area contributed by atoms with Gasteiger partial charge in [0.15, 0.2) is 0 Å². The summed E-state index contributed by atoms with van der Waals surface area (Å²) in [6.45, 7) is 4.19. The van der Waals surface area contributed by atoms with E-state index in [-0.39, 0.29) is 17.7 Å². The van der Waals surface area contributed by atoms with E-state index in [0.717, 1.165) is 29.7 Å². The number of aromatic nitrogens is 2. The summed E-state index contributed by atoms with van der Waals surface area (Å²) >= 11 is 0. The number of rotatable bonds is 6. The van der Waals surface area contributed by atoms with Crippen molar-refractivity contribution < 1.29 is 14.7 Å². The number of hydrogen-bond donors (Lipinski definition) is 3. The van der Waals surface area contributed by atoms with Gasteiger partial charge >= 0.3 is 6.03 Å². The molecule has 31 heavy (non-hydrogen) atoms. The van der Waals surface area contributed by atoms with Crippen LogP contribution in [0.3, 0.4) is 0 Å². The summed E-state index contributed by atoms with van der Waals surface area (Å²) in [5, 5.41) is 20.7. The second-order valence-corrected chi connectivity index (χ2v) is 7.86. The smallest absolute Gasteiger partial charge is 0.342 e. The van der Waals surface area contributed by atoms with Gasteiger partial charge in [0.2, 0.25) is 5.91 Å². The molecule has 0 radical (unpaired) electrons. The Hall–Kier alpha value is -3.61. The molecule has 2 aromatic carbocycles. The Morgan fingerprint density at radius 3 is 2.61 bits per heavy atom. The summed E-state index contributed by atoms with van der Waals surface area (Å²) in [4.78, 5) is 24.5. The number of aryl methyl sites for hydroxylation is 1. The van der Waals surface area contributed by atoms with E-state index in [1.54, 1.807) is 19.1 Å². The van der Waals surface area contributed by atoms with Gasteiger partial charge in [-0.2, -0.15) is 9.78 Å². The first-order valence-corrected chi connectivity index (χ1v) is 10.5. The molecule has 0 spiro atoms. The summed E-state index contributed by atoms with van der Waals surface area (Å²) in [7, 11) is 0. The van der Waals surface area contributed by atoms with Gasteiger partial charge in [0.05, 0.1) is 11.4 Å². The van der Waals surface area contributed by atoms with Crippen LogP contribution in [-0.4, -0.2) is 26.8 Å². The molecule has 0 saturated heterocycles. The number of benzene rings is 2. The molecule has 1 fully saturated rings. The van der Waals surface area contributed by atoms with Gasteiger partial charge in [-0.15, -0.1) is 0 Å². The lowest BCUT2D eigenvalue weighted by atomic mass is 10.1. The van der Waals surface area contributed by atoms with Crippen molar-refractivity contribution in [3.05, 3.63) is 65.4 Å². The highest BCUT2D eigenvalue weighted by atomic mass is 16.3. The van der Waals surface area contributed by atoms with Crippen LogP contribution in [0, 0.1) is 6.92 Å². The number of hydrogen-bond acceptors (Lipinski definition) is 4. The van der Waals surface area contributed by atoms with Crippen LogP contribution in [0.25, 0.3) is 11.3 Å². The van der Waals surface area contributed by atoms with E-state index in [0.29, 0.717) is 35.8 Å². The highest BCUT2D eigenvalue weighted by Gasteiger charge is 2.30. The van der Waals surface area contributed by atoms with Crippen molar-refractivity contribution in [1.29, 1.82) is 0 Å². The van der Waals surface area contributed by atoms with Crippen LogP contribution < -0.4 is 10.6 Å². The predicted molar refractivity (Wildman–Crippen MR) is 119 cm³/mol. The summed E-state index contributed by atoms with van der Waals surface area (Å²) in [6, 6.07) is 14.4. The summed E-state index contributed by atoms with van der Waals surface area (Å²) in [6.07, 6.45) is 2.39. The maximum Gasteiger partial charge on any atom is 0.342 e. The largest absolute Gasteiger partial charge is 0.507 e. The van der Waals surface area contributed by atoms with E-state index < -0.39 is 0 Å². The number of nitrogens with one attached hydrogen (secondary N) is 2. The Morgan fingerprint density at radius 1 is 1.16 bits per heavy atom. The van der Waals surface area contributed by atoms with Crippen LogP contribution in [0.4, 0.5) is 10.5 Å². The monoisotopic (exact) mass is 418 g/mol. The molecule has 0 aliphatic heterocycles. The van der Waals surface area contributed by atoms with Crippen molar-refractivity contribution in [3.63, 3.8) is 0 Å². The van der Waals surface area contributed by atoms with Gasteiger partial charge in [0.25, 0.3) is 0 Å². The van der Waals surface area contributed by atoms with Crippen molar-refractivity contribution in [2.45, 2.75) is 45.6 Å². The molecular formula is C24H26N4O3. The van der Waals surface area contributed by atoms with Gasteiger partial charge in [0, 0.05) is 36.2 Å². The van der Waals surface area contributed by atoms with Crippen molar-refractivity contribution in [1.82, 2.24) is 15.1 Å². The maximum absolute atomic E-state index is 12.9. The Kier molecular flexibility index (Phi) is 5.75. The molecule has 1 aromatic heterocycles. The Labute approximate surface area is 181 Å². The van der Waals surface area contributed by atoms with Gasteiger partial charge in [-0.25, -0.2) is 4.79 Å². The zero-order valence-corrected chi connectivity index (χ0v) is 17.7. The van der Waals surface area contributed by atoms with Gasteiger partial charge in [-0.3, -0.25) is 4.79 Å². The molecule has 1 heterocycles. The Bertz CT molecular complexity index is 1130. The van der Waals surface area contributed by atoms with Crippen LogP contribution in [0.1, 0.15) is 48.9 Å². The second-order valence-electron chi connectivity index (χ2n) is 7.86. The molecule has 4 rings (SSSR count). The lowest BCUT2D eigenvalue weighted by Crippen LogP contribution is -2.30. The topological polar surface area (TPSA) is 96.3 Å². The van der Waals surface area contributed by atoms with Crippen molar-refractivity contribution >= 4 is 17.6 Å². The third kappa shape index (κ3) is 4.60. The molecule has 1 aliphatic carbocycles. The van der Waals surface area contributed by atoms with Crippen molar-refractivity contribution in [2.75, 3.05) is 5.32 Å². The maximum atomic E-state index is 12.9. The molecule has 1 aliphatic rings. The van der Waals surface area contributed by atoms with E-state index in [1.165, 1.54) is 10.7 Å². The number of carbonyl (C=O) groups is 2. The number of phenolic OH excluding ortho intramolecular Hbond substituents is 1. The number of anilines is 1. The molecular weight excluding hydrogens is 392 g/mol. The van der Waals surface area contributed by atoms with Gasteiger partial charge in [-0.05, 0) is 49.1 Å². The third-order valence-electron chi connectivity index (χ3n) is 5.49. The highest BCUT2D eigenvalue weighted by Crippen LogP contribution is 2.42. The molecule has 3 N–H and O–H groups in total. The Morgan fingerprint density at radius 2 is 1.94 bits per heavy atom. The molecule has 7 nitrogen and oxygen atoms in total. The van der Waals surface area contributed by atoms with Crippen molar-refractivity contribution in [2.24, 2.45) is 0 Å². The Balaban J connectivity index is 1.57. The minimum absolute atomic E-state index is 0.00113. The van der Waals surface area contributed by atoms with Gasteiger partial charge in [-0.1, -0.05) is 31.2 Å². The normalized spacial score (nSPS) is 13.1. The van der Waals surface area contributed by atoms with Crippen LogP contribution >= 0.6 is 0 Å². The first-order valence-electron chi connectivity index (χ1n) is 10.5. The molecule has 0 atom stereocenters. The molecule has 7 heteroatoms. The second kappa shape index (κ2) is 8.63. The number of aromatic hydroxyl groups is 1. The summed E-state index contributed by atoms with van der Waals surface area (Å²) in [5.41, 5.74) is 4.58. The zero-order chi connectivity index (χ0) is 22.0. The SMILES string of the molecule is CCC(=O)Nc1ccc(-c2cc(C3CC3)n(C(=O)NCc3ccccc3C)n2)c(O)c1. The first kappa shape index (κ1) is 20.7. The lowest BCUT2D eigenvalue weighted by molar-refractivity contribution is -0.115. The van der Waals surface area contributed by atoms with Gasteiger partial charge < -0.3 is 15.7 Å². The average molecular weight is 418 g/mol. The number of carbonyl (C=O) groups excluding carboxylic acids is 2. The van der Waals surface area contributed by atoms with Crippen LogP contribution in [0.5, 0.6) is 5.75 Å². The molecule has 0 unspecified atom stereocenters. The van der Waals surface area contributed by atoms with Gasteiger partial charge in [0.1, 0.15) is 5.75 Å². The average Bonchev–Trinajstić information content (AvgIpc) is 3.51. The quantitative estimate of drug-likeness (QED) is 0.547. The van der Waals surface area contributed by atoms with E-state index in [1.807, 2.05) is 37.3 Å². The summed E-state index contributed by atoms with van der Waals surface area (Å²) < 4.78 is 1.41. The van der Waals surface area contributed by atoms with Crippen LogP contribution in [0.15, 0.2) is 48.5 Å². The van der Waals surface area contributed by atoms with E-state index in [4.69, 9.17) is 0 Å². The fraction of sp³-hybridized carbons (Fsp3) is 0.292. The number of amides is 2. The predicted octanol–water partition coefficient (Wildman–Crippen LogP) is 4.55. The van der Waals surface area contributed by atoms with Crippen LogP contribution in [-0.2, 0) is 11.3 Å². The van der Waals surface area contributed by atoms with E-state index in [2.05, 4.69) is 15.7 Å². The fourth-order valence-corrected chi connectivity index (χ4v) is 3.49. The van der Waals surface area contributed by atoms with E-state index >= 15 is 0 Å². The van der Waals surface area contributed by atoms with E-state index in [9.17, 15) is 14.7 Å². The fourth-order valence-electron chi connectivity index (χ4n) is 3.49. The first-order chi connectivity index (χ1) is 15.0. The number of nitrogens with zero attached hydrogens (tertiary/aromatic N) is 2. The minimum atomic E-state index is -0.289. The lowest BCUT2D eigenvalue weighted by Gasteiger charge is -2.09. The summed E-state index contributed by atoms with van der Waals surface area (Å²) in [5.74, 6) is 0.176. The molecule has 0 bridgehead atoms. The molecule has 3 aromatic rings. The molecule has 2 amide bonds. The zero-order valence-electron chi connectivity index (χ0n) is 17.7. The standard InChI is InChI=1S/C24H26N4O3/c1-3-23(30)26-18-10-11-19(22(29)12-18)20-13-21(16-8-9-16)28(27-20)24(31)25-14-17-7-5-4-6-15(17)2/h4-7,10-13,16,29H,3,8-9,14H2,1-2H3,(H,25,31)(H,26,30).